The first-order chi connectivity index (χ1) is 11.1. The number of ether oxygens (including phenoxy) is 1. The van der Waals surface area contributed by atoms with Gasteiger partial charge in [-0.05, 0) is 46.6 Å². The molecule has 1 aliphatic heterocycles. The van der Waals surface area contributed by atoms with Crippen LogP contribution in [0.3, 0.4) is 0 Å². The van der Waals surface area contributed by atoms with Crippen molar-refractivity contribution in [2.75, 3.05) is 6.54 Å². The Labute approximate surface area is 140 Å². The van der Waals surface area contributed by atoms with E-state index in [0.717, 1.165) is 0 Å². The molecule has 1 fully saturated rings. The minimum atomic E-state index is -1.03. The molecule has 0 saturated carbocycles. The number of nitrogens with one attached hydrogen (secondary N) is 1. The molecule has 24 heavy (non-hydrogen) atoms. The van der Waals surface area contributed by atoms with Crippen molar-refractivity contribution in [3.63, 3.8) is 0 Å². The molecule has 0 unspecified atom stereocenters. The van der Waals surface area contributed by atoms with E-state index in [2.05, 4.69) is 5.32 Å². The molecule has 136 valence electrons. The summed E-state index contributed by atoms with van der Waals surface area (Å²) in [5, 5.41) is 2.86. The number of unbranched alkanes of at least 4 members (excludes halogenated alkanes) is 1. The third kappa shape index (κ3) is 6.53. The van der Waals surface area contributed by atoms with Gasteiger partial charge >= 0.3 is 12.1 Å². The van der Waals surface area contributed by atoms with E-state index < -0.39 is 35.5 Å². The van der Waals surface area contributed by atoms with E-state index in [4.69, 9.17) is 15.3 Å². The number of hydrogen-bond donors (Lipinski definition) is 2. The van der Waals surface area contributed by atoms with Crippen molar-refractivity contribution in [3.8, 4) is 0 Å². The minimum Gasteiger partial charge on any atom is -0.444 e. The Morgan fingerprint density at radius 1 is 1.21 bits per heavy atom. The van der Waals surface area contributed by atoms with Crippen LogP contribution < -0.4 is 11.1 Å². The van der Waals surface area contributed by atoms with E-state index in [-0.39, 0.29) is 19.3 Å². The molecule has 0 spiro atoms. The highest BCUT2D eigenvalue weighted by atomic mass is 16.7. The van der Waals surface area contributed by atoms with Gasteiger partial charge in [0.15, 0.2) is 0 Å². The van der Waals surface area contributed by atoms with Crippen LogP contribution in [0.2, 0.25) is 0 Å². The zero-order valence-electron chi connectivity index (χ0n) is 14.3. The monoisotopic (exact) mass is 343 g/mol. The maximum atomic E-state index is 12.2. The molecule has 9 heteroatoms. The zero-order valence-corrected chi connectivity index (χ0v) is 14.3. The topological polar surface area (TPSA) is 128 Å². The molecular formula is C15H25N3O6. The molecule has 3 N–H and O–H groups in total. The molecule has 0 aromatic rings. The quantitative estimate of drug-likeness (QED) is 0.512. The summed E-state index contributed by atoms with van der Waals surface area (Å²) in [5.41, 5.74) is 4.69. The van der Waals surface area contributed by atoms with E-state index in [1.807, 2.05) is 0 Å². The fourth-order valence-corrected chi connectivity index (χ4v) is 2.00. The van der Waals surface area contributed by atoms with Gasteiger partial charge < -0.3 is 20.6 Å². The molecule has 0 bridgehead atoms. The van der Waals surface area contributed by atoms with E-state index >= 15 is 0 Å². The second-order valence-corrected chi connectivity index (χ2v) is 6.48. The van der Waals surface area contributed by atoms with Gasteiger partial charge in [0.25, 0.3) is 11.8 Å². The largest absolute Gasteiger partial charge is 0.444 e. The highest BCUT2D eigenvalue weighted by molar-refractivity contribution is 6.01. The van der Waals surface area contributed by atoms with Crippen molar-refractivity contribution in [1.82, 2.24) is 10.4 Å². The van der Waals surface area contributed by atoms with E-state index in [1.165, 1.54) is 0 Å². The SMILES string of the molecule is CC(C)(C)OC(=O)N[C@@H](CCCCN)C(=O)ON1C(=O)CCC1=O. The summed E-state index contributed by atoms with van der Waals surface area (Å²) in [7, 11) is 0. The van der Waals surface area contributed by atoms with Crippen molar-refractivity contribution in [2.45, 2.75) is 64.5 Å². The summed E-state index contributed by atoms with van der Waals surface area (Å²) in [6, 6.07) is -1.03. The lowest BCUT2D eigenvalue weighted by Crippen LogP contribution is -2.46. The predicted octanol–water partition coefficient (Wildman–Crippen LogP) is 0.616. The van der Waals surface area contributed by atoms with Crippen LogP contribution in [0.15, 0.2) is 0 Å². The molecule has 1 atom stereocenters. The third-order valence-corrected chi connectivity index (χ3v) is 3.11. The lowest BCUT2D eigenvalue weighted by molar-refractivity contribution is -0.199. The molecule has 1 saturated heterocycles. The van der Waals surface area contributed by atoms with Crippen molar-refractivity contribution >= 4 is 23.9 Å². The zero-order chi connectivity index (χ0) is 18.3. The molecular weight excluding hydrogens is 318 g/mol. The van der Waals surface area contributed by atoms with Crippen molar-refractivity contribution < 1.29 is 28.8 Å². The molecule has 1 rings (SSSR count). The molecule has 0 aliphatic carbocycles. The minimum absolute atomic E-state index is 0.00342. The number of hydroxylamine groups is 2. The van der Waals surface area contributed by atoms with Gasteiger partial charge in [-0.3, -0.25) is 9.59 Å². The normalized spacial score (nSPS) is 16.1. The second-order valence-electron chi connectivity index (χ2n) is 6.48. The number of carbonyl (C=O) groups excluding carboxylic acids is 4. The van der Waals surface area contributed by atoms with Crippen LogP contribution in [0.5, 0.6) is 0 Å². The number of hydrogen-bond acceptors (Lipinski definition) is 7. The van der Waals surface area contributed by atoms with Gasteiger partial charge in [-0.1, -0.05) is 0 Å². The van der Waals surface area contributed by atoms with Crippen LogP contribution in [-0.4, -0.2) is 47.1 Å². The summed E-state index contributed by atoms with van der Waals surface area (Å²) in [5.74, 6) is -2.04. The fraction of sp³-hybridized carbons (Fsp3) is 0.733. The van der Waals surface area contributed by atoms with E-state index in [9.17, 15) is 19.2 Å². The van der Waals surface area contributed by atoms with Gasteiger partial charge in [0.05, 0.1) is 0 Å². The van der Waals surface area contributed by atoms with Crippen molar-refractivity contribution in [1.29, 1.82) is 0 Å². The smallest absolute Gasteiger partial charge is 0.408 e. The maximum Gasteiger partial charge on any atom is 0.408 e. The van der Waals surface area contributed by atoms with Crippen LogP contribution in [0.25, 0.3) is 0 Å². The van der Waals surface area contributed by atoms with Crippen LogP contribution in [0.1, 0.15) is 52.9 Å². The number of nitrogens with zero attached hydrogens (tertiary/aromatic N) is 1. The highest BCUT2D eigenvalue weighted by Gasteiger charge is 2.35. The fourth-order valence-electron chi connectivity index (χ4n) is 2.00. The predicted molar refractivity (Wildman–Crippen MR) is 83.2 cm³/mol. The third-order valence-electron chi connectivity index (χ3n) is 3.11. The van der Waals surface area contributed by atoms with Gasteiger partial charge in [0.2, 0.25) is 0 Å². The number of imide groups is 1. The van der Waals surface area contributed by atoms with Gasteiger partial charge in [0.1, 0.15) is 11.6 Å². The Balaban J connectivity index is 2.69. The molecule has 1 heterocycles. The summed E-state index contributed by atoms with van der Waals surface area (Å²) in [6.45, 7) is 5.51. The summed E-state index contributed by atoms with van der Waals surface area (Å²) < 4.78 is 5.11. The molecule has 0 aromatic carbocycles. The summed E-state index contributed by atoms with van der Waals surface area (Å²) >= 11 is 0. The molecule has 0 aromatic heterocycles. The molecule has 9 nitrogen and oxygen atoms in total. The Hall–Kier alpha value is -2.16. The summed E-state index contributed by atoms with van der Waals surface area (Å²) in [6.07, 6.45) is 0.699. The van der Waals surface area contributed by atoms with Gasteiger partial charge in [-0.2, -0.15) is 0 Å². The second kappa shape index (κ2) is 8.62. The van der Waals surface area contributed by atoms with Crippen LogP contribution >= 0.6 is 0 Å². The van der Waals surface area contributed by atoms with E-state index in [0.29, 0.717) is 24.4 Å². The standard InChI is InChI=1S/C15H25N3O6/c1-15(2,3)23-14(22)17-10(6-4-5-9-16)13(21)24-18-11(19)7-8-12(18)20/h10H,4-9,16H2,1-3H3,(H,17,22)/t10-/m0/s1. The maximum absolute atomic E-state index is 12.2. The Kier molecular flexibility index (Phi) is 7.15. The number of carbonyl (C=O) groups is 4. The van der Waals surface area contributed by atoms with Crippen molar-refractivity contribution in [3.05, 3.63) is 0 Å². The van der Waals surface area contributed by atoms with Gasteiger partial charge in [-0.25, -0.2) is 9.59 Å². The first kappa shape index (κ1) is 19.9. The van der Waals surface area contributed by atoms with E-state index in [1.54, 1.807) is 20.8 Å². The first-order valence-electron chi connectivity index (χ1n) is 7.91. The average molecular weight is 343 g/mol. The summed E-state index contributed by atoms with van der Waals surface area (Å²) in [4.78, 5) is 52.0. The molecule has 0 radical (unpaired) electrons. The Morgan fingerprint density at radius 3 is 2.29 bits per heavy atom. The molecule has 3 amide bonds. The van der Waals surface area contributed by atoms with Gasteiger partial charge in [0, 0.05) is 12.8 Å². The lowest BCUT2D eigenvalue weighted by atomic mass is 10.1. The number of rotatable bonds is 7. The van der Waals surface area contributed by atoms with Crippen LogP contribution in [0.4, 0.5) is 4.79 Å². The first-order valence-corrected chi connectivity index (χ1v) is 7.91. The van der Waals surface area contributed by atoms with Gasteiger partial charge in [-0.15, -0.1) is 5.06 Å². The highest BCUT2D eigenvalue weighted by Crippen LogP contribution is 2.14. The lowest BCUT2D eigenvalue weighted by Gasteiger charge is -2.23. The van der Waals surface area contributed by atoms with Crippen LogP contribution in [-0.2, 0) is 24.0 Å². The average Bonchev–Trinajstić information content (AvgIpc) is 2.76. The molecule has 1 aliphatic rings. The van der Waals surface area contributed by atoms with Crippen molar-refractivity contribution in [2.24, 2.45) is 5.73 Å². The Bertz CT molecular complexity index is 484. The number of alkyl carbamates (subject to hydrolysis) is 1. The number of amides is 3. The number of nitrogens with two attached hydrogens (primary N) is 1. The Morgan fingerprint density at radius 2 is 1.79 bits per heavy atom. The van der Waals surface area contributed by atoms with Crippen LogP contribution in [0, 0.1) is 0 Å².